The van der Waals surface area contributed by atoms with E-state index in [0.29, 0.717) is 29.8 Å². The van der Waals surface area contributed by atoms with Crippen LogP contribution in [0.25, 0.3) is 22.2 Å². The quantitative estimate of drug-likeness (QED) is 0.180. The van der Waals surface area contributed by atoms with Crippen LogP contribution < -0.4 is 5.32 Å². The van der Waals surface area contributed by atoms with Crippen molar-refractivity contribution in [2.75, 3.05) is 19.4 Å². The summed E-state index contributed by atoms with van der Waals surface area (Å²) in [6.45, 7) is 3.36. The van der Waals surface area contributed by atoms with Crippen molar-refractivity contribution >= 4 is 28.6 Å². The molecule has 7 heteroatoms. The highest BCUT2D eigenvalue weighted by Crippen LogP contribution is 2.27. The van der Waals surface area contributed by atoms with E-state index in [-0.39, 0.29) is 5.91 Å². The van der Waals surface area contributed by atoms with E-state index in [1.807, 2.05) is 60.7 Å². The fourth-order valence-electron chi connectivity index (χ4n) is 5.20. The fraction of sp³-hybridized carbons (Fsp3) is 0.229. The summed E-state index contributed by atoms with van der Waals surface area (Å²) >= 11 is 0. The lowest BCUT2D eigenvalue weighted by Crippen LogP contribution is -2.23. The number of carbonyl (C=O) groups is 2. The van der Waals surface area contributed by atoms with Gasteiger partial charge in [-0.1, -0.05) is 74.0 Å². The van der Waals surface area contributed by atoms with Gasteiger partial charge in [-0.3, -0.25) is 4.79 Å². The third-order valence-corrected chi connectivity index (χ3v) is 7.48. The second kappa shape index (κ2) is 12.7. The van der Waals surface area contributed by atoms with E-state index in [1.165, 1.54) is 0 Å². The topological polar surface area (TPSA) is 87.5 Å². The number of aromatic nitrogens is 2. The van der Waals surface area contributed by atoms with E-state index in [4.69, 9.17) is 4.98 Å². The number of carboxylic acid groups (broad SMARTS) is 1. The van der Waals surface area contributed by atoms with Crippen LogP contribution in [0.3, 0.4) is 0 Å². The second-order valence-electron chi connectivity index (χ2n) is 10.7. The monoisotopic (exact) mass is 560 g/mol. The van der Waals surface area contributed by atoms with Gasteiger partial charge in [0.1, 0.15) is 5.82 Å². The molecule has 1 aromatic heterocycles. The molecule has 0 unspecified atom stereocenters. The summed E-state index contributed by atoms with van der Waals surface area (Å²) in [7, 11) is 3.53. The number of aromatic carboxylic acids is 1. The van der Waals surface area contributed by atoms with Crippen molar-refractivity contribution in [1.29, 1.82) is 0 Å². The zero-order chi connectivity index (χ0) is 29.6. The highest BCUT2D eigenvalue weighted by molar-refractivity contribution is 5.96. The molecule has 0 saturated heterocycles. The number of imidazole rings is 1. The molecule has 7 nitrogen and oxygen atoms in total. The van der Waals surface area contributed by atoms with Crippen molar-refractivity contribution in [3.63, 3.8) is 0 Å². The van der Waals surface area contributed by atoms with Crippen LogP contribution in [0, 0.1) is 0 Å². The first-order chi connectivity index (χ1) is 20.4. The second-order valence-corrected chi connectivity index (χ2v) is 10.7. The standard InChI is InChI=1S/C35H36N4O3/c1-4-5-14-33-37-31-20-19-27(36-22-26-10-6-7-12-29(26)34(40)38(2)3)21-32(31)39(33)23-24-15-17-25(18-16-24)28-11-8-9-13-30(28)35(41)42/h6-13,15-21,36H,4-5,14,22-23H2,1-3H3,(H,41,42). The Morgan fingerprint density at radius 1 is 0.905 bits per heavy atom. The Labute approximate surface area is 246 Å². The summed E-state index contributed by atoms with van der Waals surface area (Å²) in [5.74, 6) is 0.0996. The van der Waals surface area contributed by atoms with E-state index in [2.05, 4.69) is 35.0 Å². The predicted octanol–water partition coefficient (Wildman–Crippen LogP) is 7.11. The molecule has 0 bridgehead atoms. The number of benzene rings is 4. The molecule has 0 aliphatic heterocycles. The number of hydrogen-bond donors (Lipinski definition) is 2. The lowest BCUT2D eigenvalue weighted by atomic mass is 9.99. The van der Waals surface area contributed by atoms with Crippen LogP contribution in [0.2, 0.25) is 0 Å². The zero-order valence-corrected chi connectivity index (χ0v) is 24.3. The number of nitrogens with one attached hydrogen (secondary N) is 1. The maximum Gasteiger partial charge on any atom is 0.336 e. The Morgan fingerprint density at radius 3 is 2.33 bits per heavy atom. The third-order valence-electron chi connectivity index (χ3n) is 7.48. The molecule has 5 rings (SSSR count). The number of carbonyl (C=O) groups excluding carboxylic acids is 1. The molecule has 5 aromatic rings. The van der Waals surface area contributed by atoms with Gasteiger partial charge in [-0.25, -0.2) is 9.78 Å². The molecule has 0 atom stereocenters. The molecule has 1 amide bonds. The van der Waals surface area contributed by atoms with Crippen molar-refractivity contribution in [2.24, 2.45) is 0 Å². The fourth-order valence-corrected chi connectivity index (χ4v) is 5.20. The summed E-state index contributed by atoms with van der Waals surface area (Å²) in [6, 6.07) is 29.1. The molecular weight excluding hydrogens is 524 g/mol. The number of amides is 1. The average Bonchev–Trinajstić information content (AvgIpc) is 3.35. The first-order valence-electron chi connectivity index (χ1n) is 14.3. The number of rotatable bonds is 11. The predicted molar refractivity (Wildman–Crippen MR) is 168 cm³/mol. The van der Waals surface area contributed by atoms with Crippen molar-refractivity contribution in [2.45, 2.75) is 39.3 Å². The van der Waals surface area contributed by atoms with E-state index in [0.717, 1.165) is 58.5 Å². The maximum atomic E-state index is 12.7. The molecule has 42 heavy (non-hydrogen) atoms. The smallest absolute Gasteiger partial charge is 0.336 e. The number of nitrogens with zero attached hydrogens (tertiary/aromatic N) is 3. The Hall–Kier alpha value is -4.91. The van der Waals surface area contributed by atoms with E-state index in [9.17, 15) is 14.7 Å². The van der Waals surface area contributed by atoms with Crippen LogP contribution in [-0.2, 0) is 19.5 Å². The molecule has 0 aliphatic carbocycles. The van der Waals surface area contributed by atoms with Gasteiger partial charge in [0.15, 0.2) is 0 Å². The largest absolute Gasteiger partial charge is 0.478 e. The summed E-state index contributed by atoms with van der Waals surface area (Å²) in [5.41, 5.74) is 7.56. The normalized spacial score (nSPS) is 11.0. The van der Waals surface area contributed by atoms with Crippen LogP contribution in [0.5, 0.6) is 0 Å². The molecule has 1 heterocycles. The van der Waals surface area contributed by atoms with E-state index < -0.39 is 5.97 Å². The minimum Gasteiger partial charge on any atom is -0.478 e. The minimum absolute atomic E-state index is 0.0149. The molecule has 4 aromatic carbocycles. The van der Waals surface area contributed by atoms with Crippen LogP contribution in [-0.4, -0.2) is 45.5 Å². The van der Waals surface area contributed by atoms with Gasteiger partial charge in [-0.2, -0.15) is 0 Å². The van der Waals surface area contributed by atoms with Gasteiger partial charge in [0.05, 0.1) is 16.6 Å². The molecule has 2 N–H and O–H groups in total. The Bertz CT molecular complexity index is 1720. The first-order valence-corrected chi connectivity index (χ1v) is 14.3. The summed E-state index contributed by atoms with van der Waals surface area (Å²) in [6.07, 6.45) is 3.02. The average molecular weight is 561 g/mol. The molecule has 0 radical (unpaired) electrons. The van der Waals surface area contributed by atoms with Crippen LogP contribution >= 0.6 is 0 Å². The molecule has 0 saturated carbocycles. The zero-order valence-electron chi connectivity index (χ0n) is 24.3. The Balaban J connectivity index is 1.43. The van der Waals surface area contributed by atoms with Crippen LogP contribution in [0.15, 0.2) is 91.0 Å². The molecule has 0 spiro atoms. The number of aryl methyl sites for hydroxylation is 1. The highest BCUT2D eigenvalue weighted by Gasteiger charge is 2.15. The third kappa shape index (κ3) is 6.20. The number of fused-ring (bicyclic) bond motifs is 1. The SMILES string of the molecule is CCCCc1nc2ccc(NCc3ccccc3C(=O)N(C)C)cc2n1Cc1ccc(-c2ccccc2C(=O)O)cc1. The van der Waals surface area contributed by atoms with Crippen molar-refractivity contribution in [3.05, 3.63) is 119 Å². The molecular formula is C35H36N4O3. The number of hydrogen-bond acceptors (Lipinski definition) is 4. The summed E-state index contributed by atoms with van der Waals surface area (Å²) in [5, 5.41) is 13.1. The van der Waals surface area contributed by atoms with Gasteiger partial charge < -0.3 is 19.9 Å². The van der Waals surface area contributed by atoms with Gasteiger partial charge >= 0.3 is 5.97 Å². The highest BCUT2D eigenvalue weighted by atomic mass is 16.4. The van der Waals surface area contributed by atoms with E-state index >= 15 is 0 Å². The van der Waals surface area contributed by atoms with Crippen molar-refractivity contribution in [1.82, 2.24) is 14.5 Å². The molecule has 214 valence electrons. The first kappa shape index (κ1) is 28.6. The van der Waals surface area contributed by atoms with E-state index in [1.54, 1.807) is 31.1 Å². The minimum atomic E-state index is -0.933. The molecule has 0 aliphatic rings. The molecule has 0 fully saturated rings. The van der Waals surface area contributed by atoms with Crippen LogP contribution in [0.4, 0.5) is 5.69 Å². The van der Waals surface area contributed by atoms with Crippen molar-refractivity contribution < 1.29 is 14.7 Å². The lowest BCUT2D eigenvalue weighted by Gasteiger charge is -2.15. The Morgan fingerprint density at radius 2 is 1.62 bits per heavy atom. The number of anilines is 1. The van der Waals surface area contributed by atoms with Gasteiger partial charge in [0.2, 0.25) is 0 Å². The maximum absolute atomic E-state index is 12.7. The van der Waals surface area contributed by atoms with Gasteiger partial charge in [0.25, 0.3) is 5.91 Å². The summed E-state index contributed by atoms with van der Waals surface area (Å²) < 4.78 is 2.28. The van der Waals surface area contributed by atoms with Gasteiger partial charge in [0, 0.05) is 44.9 Å². The van der Waals surface area contributed by atoms with Crippen LogP contribution in [0.1, 0.15) is 57.4 Å². The van der Waals surface area contributed by atoms with Gasteiger partial charge in [-0.05, 0) is 59.0 Å². The summed E-state index contributed by atoms with van der Waals surface area (Å²) in [4.78, 5) is 31.0. The number of unbranched alkanes of at least 4 members (excludes halogenated alkanes) is 1. The number of carboxylic acids is 1. The van der Waals surface area contributed by atoms with Crippen molar-refractivity contribution in [3.8, 4) is 11.1 Å². The Kier molecular flexibility index (Phi) is 8.67. The lowest BCUT2D eigenvalue weighted by molar-refractivity contribution is 0.0697. The van der Waals surface area contributed by atoms with Gasteiger partial charge in [-0.15, -0.1) is 0 Å².